The lowest BCUT2D eigenvalue weighted by Gasteiger charge is -2.39. The molecule has 3 atom stereocenters. The van der Waals surface area contributed by atoms with Crippen LogP contribution in [0.5, 0.6) is 11.5 Å². The highest BCUT2D eigenvalue weighted by Crippen LogP contribution is 2.28. The monoisotopic (exact) mass is 398 g/mol. The Balaban J connectivity index is 1.60. The molecule has 1 fully saturated rings. The molecule has 1 amide bonds. The quantitative estimate of drug-likeness (QED) is 0.776. The van der Waals surface area contributed by atoms with Gasteiger partial charge in [0.25, 0.3) is 0 Å². The van der Waals surface area contributed by atoms with E-state index in [1.165, 1.54) is 0 Å². The third kappa shape index (κ3) is 5.28. The van der Waals surface area contributed by atoms with Gasteiger partial charge in [-0.15, -0.1) is 0 Å². The number of methoxy groups -OCH3 is 2. The van der Waals surface area contributed by atoms with Gasteiger partial charge in [-0.1, -0.05) is 36.4 Å². The van der Waals surface area contributed by atoms with Gasteiger partial charge in [-0.2, -0.15) is 0 Å². The van der Waals surface area contributed by atoms with Gasteiger partial charge in [-0.05, 0) is 37.1 Å². The predicted molar refractivity (Wildman–Crippen MR) is 112 cm³/mol. The first kappa shape index (κ1) is 21.1. The summed E-state index contributed by atoms with van der Waals surface area (Å²) in [6.07, 6.45) is 0.0381. The van der Waals surface area contributed by atoms with Crippen molar-refractivity contribution in [2.24, 2.45) is 0 Å². The summed E-state index contributed by atoms with van der Waals surface area (Å²) in [5.74, 6) is 1.32. The summed E-state index contributed by atoms with van der Waals surface area (Å²) in [5.41, 5.74) is 2.10. The second-order valence-electron chi connectivity index (χ2n) is 7.38. The van der Waals surface area contributed by atoms with Gasteiger partial charge in [0.05, 0.1) is 32.5 Å². The number of nitrogens with zero attached hydrogens (tertiary/aromatic N) is 1. The summed E-state index contributed by atoms with van der Waals surface area (Å²) in [4.78, 5) is 15.0. The standard InChI is InChI=1S/C23H30N2O4/c1-16-14-25(15-22(29-16)19-8-6-5-7-9-19)17(2)23(26)24-13-18-10-11-20(27-3)21(12-18)28-4/h5-12,16-17,22H,13-15H2,1-4H3,(H,24,26). The predicted octanol–water partition coefficient (Wildman–Crippen LogP) is 3.17. The second-order valence-corrected chi connectivity index (χ2v) is 7.38. The first-order valence-corrected chi connectivity index (χ1v) is 9.95. The zero-order chi connectivity index (χ0) is 20.8. The third-order valence-electron chi connectivity index (χ3n) is 5.30. The molecule has 0 radical (unpaired) electrons. The summed E-state index contributed by atoms with van der Waals surface area (Å²) < 4.78 is 16.7. The molecule has 156 valence electrons. The number of carbonyl (C=O) groups is 1. The van der Waals surface area contributed by atoms with Crippen molar-refractivity contribution >= 4 is 5.91 Å². The van der Waals surface area contributed by atoms with E-state index in [9.17, 15) is 4.79 Å². The molecule has 1 aliphatic heterocycles. The number of carbonyl (C=O) groups excluding carboxylic acids is 1. The first-order valence-electron chi connectivity index (χ1n) is 9.95. The molecule has 1 heterocycles. The summed E-state index contributed by atoms with van der Waals surface area (Å²) in [6.45, 7) is 5.86. The van der Waals surface area contributed by atoms with E-state index in [0.29, 0.717) is 24.6 Å². The van der Waals surface area contributed by atoms with Crippen LogP contribution in [0, 0.1) is 0 Å². The van der Waals surface area contributed by atoms with Crippen molar-refractivity contribution in [1.29, 1.82) is 0 Å². The van der Waals surface area contributed by atoms with Gasteiger partial charge in [0.15, 0.2) is 11.5 Å². The fourth-order valence-electron chi connectivity index (χ4n) is 3.65. The number of hydrogen-bond acceptors (Lipinski definition) is 5. The molecule has 0 aliphatic carbocycles. The molecule has 3 unspecified atom stereocenters. The Morgan fingerprint density at radius 3 is 2.55 bits per heavy atom. The zero-order valence-electron chi connectivity index (χ0n) is 17.6. The summed E-state index contributed by atoms with van der Waals surface area (Å²) in [7, 11) is 3.21. The maximum Gasteiger partial charge on any atom is 0.237 e. The molecule has 0 aromatic heterocycles. The van der Waals surface area contributed by atoms with E-state index in [1.807, 2.05) is 43.3 Å². The van der Waals surface area contributed by atoms with Gasteiger partial charge in [-0.3, -0.25) is 9.69 Å². The van der Waals surface area contributed by atoms with Gasteiger partial charge in [0.1, 0.15) is 0 Å². The number of rotatable bonds is 7. The van der Waals surface area contributed by atoms with Crippen molar-refractivity contribution in [3.63, 3.8) is 0 Å². The van der Waals surface area contributed by atoms with Crippen molar-refractivity contribution < 1.29 is 19.0 Å². The minimum absolute atomic E-state index is 0.000645. The van der Waals surface area contributed by atoms with Crippen molar-refractivity contribution in [3.8, 4) is 11.5 Å². The van der Waals surface area contributed by atoms with Crippen LogP contribution < -0.4 is 14.8 Å². The number of nitrogens with one attached hydrogen (secondary N) is 1. The molecule has 2 aromatic carbocycles. The van der Waals surface area contributed by atoms with Crippen molar-refractivity contribution in [2.45, 2.75) is 38.6 Å². The molecule has 3 rings (SSSR count). The molecule has 0 saturated carbocycles. The Morgan fingerprint density at radius 1 is 1.14 bits per heavy atom. The van der Waals surface area contributed by atoms with E-state index >= 15 is 0 Å². The van der Waals surface area contributed by atoms with E-state index < -0.39 is 0 Å². The zero-order valence-corrected chi connectivity index (χ0v) is 17.6. The highest BCUT2D eigenvalue weighted by Gasteiger charge is 2.31. The highest BCUT2D eigenvalue weighted by atomic mass is 16.5. The number of ether oxygens (including phenoxy) is 3. The molecule has 1 saturated heterocycles. The Bertz CT molecular complexity index is 812. The van der Waals surface area contributed by atoms with E-state index in [2.05, 4.69) is 29.3 Å². The fraction of sp³-hybridized carbons (Fsp3) is 0.435. The maximum atomic E-state index is 12.8. The van der Waals surface area contributed by atoms with Crippen molar-refractivity contribution in [3.05, 3.63) is 59.7 Å². The van der Waals surface area contributed by atoms with Crippen molar-refractivity contribution in [1.82, 2.24) is 10.2 Å². The average Bonchev–Trinajstić information content (AvgIpc) is 2.76. The summed E-state index contributed by atoms with van der Waals surface area (Å²) in [6, 6.07) is 15.6. The SMILES string of the molecule is COc1ccc(CNC(=O)C(C)N2CC(C)OC(c3ccccc3)C2)cc1OC. The molecular weight excluding hydrogens is 368 g/mol. The topological polar surface area (TPSA) is 60.0 Å². The number of morpholine rings is 1. The maximum absolute atomic E-state index is 12.8. The molecular formula is C23H30N2O4. The van der Waals surface area contributed by atoms with Crippen LogP contribution in [0.15, 0.2) is 48.5 Å². The molecule has 6 heteroatoms. The minimum Gasteiger partial charge on any atom is -0.493 e. The number of hydrogen-bond donors (Lipinski definition) is 1. The van der Waals surface area contributed by atoms with E-state index in [0.717, 1.165) is 17.7 Å². The average molecular weight is 399 g/mol. The van der Waals surface area contributed by atoms with Crippen LogP contribution in [-0.4, -0.2) is 50.3 Å². The van der Waals surface area contributed by atoms with Crippen LogP contribution in [0.2, 0.25) is 0 Å². The Labute approximate surface area is 172 Å². The van der Waals surface area contributed by atoms with E-state index in [1.54, 1.807) is 14.2 Å². The van der Waals surface area contributed by atoms with Gasteiger partial charge in [-0.25, -0.2) is 0 Å². The highest BCUT2D eigenvalue weighted by molar-refractivity contribution is 5.81. The van der Waals surface area contributed by atoms with E-state index in [4.69, 9.17) is 14.2 Å². The molecule has 1 aliphatic rings. The molecule has 6 nitrogen and oxygen atoms in total. The van der Waals surface area contributed by atoms with Crippen LogP contribution in [0.1, 0.15) is 31.1 Å². The van der Waals surface area contributed by atoms with Gasteiger partial charge in [0.2, 0.25) is 5.91 Å². The van der Waals surface area contributed by atoms with Crippen LogP contribution in [-0.2, 0) is 16.1 Å². The van der Waals surface area contributed by atoms with Gasteiger partial charge >= 0.3 is 0 Å². The first-order chi connectivity index (χ1) is 14.0. The van der Waals surface area contributed by atoms with Crippen molar-refractivity contribution in [2.75, 3.05) is 27.3 Å². The fourth-order valence-corrected chi connectivity index (χ4v) is 3.65. The molecule has 0 bridgehead atoms. The lowest BCUT2D eigenvalue weighted by molar-refractivity contribution is -0.133. The van der Waals surface area contributed by atoms with E-state index in [-0.39, 0.29) is 24.2 Å². The number of amides is 1. The molecule has 29 heavy (non-hydrogen) atoms. The minimum atomic E-state index is -0.243. The molecule has 0 spiro atoms. The van der Waals surface area contributed by atoms with Crippen LogP contribution >= 0.6 is 0 Å². The normalized spacial score (nSPS) is 20.7. The summed E-state index contributed by atoms with van der Waals surface area (Å²) in [5, 5.41) is 3.04. The Kier molecular flexibility index (Phi) is 7.12. The van der Waals surface area contributed by atoms with Crippen LogP contribution in [0.25, 0.3) is 0 Å². The Hall–Kier alpha value is -2.57. The van der Waals surface area contributed by atoms with Crippen LogP contribution in [0.3, 0.4) is 0 Å². The molecule has 1 N–H and O–H groups in total. The molecule has 2 aromatic rings. The Morgan fingerprint density at radius 2 is 1.86 bits per heavy atom. The number of benzene rings is 2. The largest absolute Gasteiger partial charge is 0.493 e. The van der Waals surface area contributed by atoms with Crippen LogP contribution in [0.4, 0.5) is 0 Å². The second kappa shape index (κ2) is 9.76. The van der Waals surface area contributed by atoms with Gasteiger partial charge in [0, 0.05) is 19.6 Å². The lowest BCUT2D eigenvalue weighted by atomic mass is 10.1. The smallest absolute Gasteiger partial charge is 0.237 e. The lowest BCUT2D eigenvalue weighted by Crippen LogP contribution is -2.52. The third-order valence-corrected chi connectivity index (χ3v) is 5.30. The summed E-state index contributed by atoms with van der Waals surface area (Å²) >= 11 is 0. The van der Waals surface area contributed by atoms with Gasteiger partial charge < -0.3 is 19.5 Å².